The number of likely N-dealkylation sites (N-methyl/N-ethyl adjacent to an activating group) is 1. The second-order valence-electron chi connectivity index (χ2n) is 7.49. The van der Waals surface area contributed by atoms with E-state index in [1.54, 1.807) is 16.7 Å². The molecular formula is C18H28N2. The van der Waals surface area contributed by atoms with Crippen LogP contribution in [0.1, 0.15) is 56.9 Å². The van der Waals surface area contributed by atoms with Gasteiger partial charge in [0.1, 0.15) is 0 Å². The molecular weight excluding hydrogens is 244 g/mol. The zero-order valence-electron chi connectivity index (χ0n) is 14.1. The van der Waals surface area contributed by atoms with Gasteiger partial charge in [-0.2, -0.15) is 0 Å². The van der Waals surface area contributed by atoms with Crippen molar-refractivity contribution in [2.45, 2.75) is 58.5 Å². The normalized spacial score (nSPS) is 23.1. The number of nitrogens with zero attached hydrogens (tertiary/aromatic N) is 2. The Morgan fingerprint density at radius 3 is 2.35 bits per heavy atom. The van der Waals surface area contributed by atoms with E-state index in [1.807, 2.05) is 0 Å². The molecule has 3 rings (SSSR count). The number of hydrogen-bond donors (Lipinski definition) is 0. The molecule has 0 aliphatic carbocycles. The average molecular weight is 272 g/mol. The Bertz CT molecular complexity index is 569. The standard InChI is InChI=1S/C18H28N2/c1-8-12-11-14-15(13-9-10-19(6)16(12)13)18(4,5)20(7)17(14,2)3/h11H,8-10H2,1-7H3. The highest BCUT2D eigenvalue weighted by atomic mass is 15.3. The minimum Gasteiger partial charge on any atom is -0.374 e. The van der Waals surface area contributed by atoms with Crippen molar-refractivity contribution in [1.82, 2.24) is 4.90 Å². The summed E-state index contributed by atoms with van der Waals surface area (Å²) < 4.78 is 0. The number of benzene rings is 1. The highest BCUT2D eigenvalue weighted by Crippen LogP contribution is 2.53. The Labute approximate surface area is 123 Å². The lowest BCUT2D eigenvalue weighted by molar-refractivity contribution is 0.0727. The van der Waals surface area contributed by atoms with Gasteiger partial charge in [-0.1, -0.05) is 13.0 Å². The number of anilines is 1. The van der Waals surface area contributed by atoms with Gasteiger partial charge in [0, 0.05) is 30.4 Å². The fourth-order valence-electron chi connectivity index (χ4n) is 4.40. The van der Waals surface area contributed by atoms with Gasteiger partial charge in [-0.25, -0.2) is 0 Å². The molecule has 110 valence electrons. The topological polar surface area (TPSA) is 6.48 Å². The Kier molecular flexibility index (Phi) is 2.79. The summed E-state index contributed by atoms with van der Waals surface area (Å²) in [6.07, 6.45) is 2.33. The zero-order chi connectivity index (χ0) is 14.9. The molecule has 1 aromatic carbocycles. The molecule has 0 bridgehead atoms. The first kappa shape index (κ1) is 13.9. The van der Waals surface area contributed by atoms with Crippen LogP contribution in [0.5, 0.6) is 0 Å². The zero-order valence-corrected chi connectivity index (χ0v) is 14.1. The third-order valence-corrected chi connectivity index (χ3v) is 5.89. The van der Waals surface area contributed by atoms with E-state index in [4.69, 9.17) is 0 Å². The highest BCUT2D eigenvalue weighted by Gasteiger charge is 2.49. The number of rotatable bonds is 1. The van der Waals surface area contributed by atoms with E-state index >= 15 is 0 Å². The summed E-state index contributed by atoms with van der Waals surface area (Å²) in [5.74, 6) is 0. The van der Waals surface area contributed by atoms with Crippen molar-refractivity contribution < 1.29 is 0 Å². The summed E-state index contributed by atoms with van der Waals surface area (Å²) in [6, 6.07) is 2.49. The molecule has 2 aliphatic rings. The van der Waals surface area contributed by atoms with Crippen LogP contribution >= 0.6 is 0 Å². The summed E-state index contributed by atoms with van der Waals surface area (Å²) in [5.41, 5.74) is 8.06. The van der Waals surface area contributed by atoms with E-state index in [9.17, 15) is 0 Å². The number of fused-ring (bicyclic) bond motifs is 3. The highest BCUT2D eigenvalue weighted by molar-refractivity contribution is 5.70. The van der Waals surface area contributed by atoms with E-state index in [-0.39, 0.29) is 11.1 Å². The molecule has 2 heteroatoms. The quantitative estimate of drug-likeness (QED) is 0.770. The van der Waals surface area contributed by atoms with Gasteiger partial charge in [0.2, 0.25) is 0 Å². The van der Waals surface area contributed by atoms with Crippen molar-refractivity contribution in [2.24, 2.45) is 0 Å². The largest absolute Gasteiger partial charge is 0.374 e. The molecule has 0 unspecified atom stereocenters. The first-order valence-corrected chi connectivity index (χ1v) is 7.87. The first-order valence-electron chi connectivity index (χ1n) is 7.87. The Balaban J connectivity index is 2.37. The van der Waals surface area contributed by atoms with E-state index in [2.05, 4.69) is 64.6 Å². The van der Waals surface area contributed by atoms with Crippen molar-refractivity contribution >= 4 is 5.69 Å². The monoisotopic (exact) mass is 272 g/mol. The lowest BCUT2D eigenvalue weighted by atomic mass is 9.83. The average Bonchev–Trinajstić information content (AvgIpc) is 2.82. The predicted molar refractivity (Wildman–Crippen MR) is 86.6 cm³/mol. The van der Waals surface area contributed by atoms with E-state index in [1.165, 1.54) is 24.2 Å². The van der Waals surface area contributed by atoms with Gasteiger partial charge >= 0.3 is 0 Å². The fraction of sp³-hybridized carbons (Fsp3) is 0.667. The maximum Gasteiger partial charge on any atom is 0.0433 e. The van der Waals surface area contributed by atoms with Crippen LogP contribution < -0.4 is 4.90 Å². The Hall–Kier alpha value is -1.02. The maximum atomic E-state index is 2.54. The summed E-state index contributed by atoms with van der Waals surface area (Å²) in [4.78, 5) is 5.00. The number of aryl methyl sites for hydroxylation is 1. The van der Waals surface area contributed by atoms with Crippen LogP contribution in [0.25, 0.3) is 0 Å². The fourth-order valence-corrected chi connectivity index (χ4v) is 4.40. The van der Waals surface area contributed by atoms with Gasteiger partial charge in [-0.3, -0.25) is 4.90 Å². The molecule has 2 heterocycles. The van der Waals surface area contributed by atoms with Gasteiger partial charge in [-0.15, -0.1) is 0 Å². The smallest absolute Gasteiger partial charge is 0.0433 e. The Morgan fingerprint density at radius 2 is 1.75 bits per heavy atom. The molecule has 20 heavy (non-hydrogen) atoms. The number of hydrogen-bond acceptors (Lipinski definition) is 2. The Morgan fingerprint density at radius 1 is 1.10 bits per heavy atom. The molecule has 0 radical (unpaired) electrons. The molecule has 0 saturated heterocycles. The van der Waals surface area contributed by atoms with Crippen LogP contribution in [0, 0.1) is 0 Å². The van der Waals surface area contributed by atoms with E-state index in [0.29, 0.717) is 0 Å². The third-order valence-electron chi connectivity index (χ3n) is 5.89. The first-order chi connectivity index (χ1) is 9.22. The molecule has 1 aromatic rings. The predicted octanol–water partition coefficient (Wildman–Crippen LogP) is 3.66. The molecule has 0 fully saturated rings. The molecule has 0 atom stereocenters. The van der Waals surface area contributed by atoms with Crippen LogP contribution in [0.3, 0.4) is 0 Å². The minimum absolute atomic E-state index is 0.124. The molecule has 0 amide bonds. The van der Waals surface area contributed by atoms with Gasteiger partial charge < -0.3 is 4.90 Å². The van der Waals surface area contributed by atoms with Gasteiger partial charge in [-0.05, 0) is 69.8 Å². The molecule has 0 saturated carbocycles. The van der Waals surface area contributed by atoms with Crippen molar-refractivity contribution in [1.29, 1.82) is 0 Å². The lowest BCUT2D eigenvalue weighted by Gasteiger charge is -2.37. The summed E-state index contributed by atoms with van der Waals surface area (Å²) in [5, 5.41) is 0. The van der Waals surface area contributed by atoms with Crippen LogP contribution in [0.15, 0.2) is 6.07 Å². The van der Waals surface area contributed by atoms with Crippen LogP contribution in [0.4, 0.5) is 5.69 Å². The molecule has 0 N–H and O–H groups in total. The van der Waals surface area contributed by atoms with Crippen molar-refractivity contribution in [3.63, 3.8) is 0 Å². The minimum atomic E-state index is 0.124. The van der Waals surface area contributed by atoms with Crippen molar-refractivity contribution in [3.05, 3.63) is 28.3 Å². The second kappa shape index (κ2) is 4.00. The maximum absolute atomic E-state index is 2.54. The molecule has 2 aliphatic heterocycles. The van der Waals surface area contributed by atoms with Gasteiger partial charge in [0.05, 0.1) is 0 Å². The van der Waals surface area contributed by atoms with Gasteiger partial charge in [0.25, 0.3) is 0 Å². The van der Waals surface area contributed by atoms with Crippen LogP contribution in [-0.4, -0.2) is 25.5 Å². The molecule has 2 nitrogen and oxygen atoms in total. The van der Waals surface area contributed by atoms with Gasteiger partial charge in [0.15, 0.2) is 0 Å². The summed E-state index contributed by atoms with van der Waals surface area (Å²) in [7, 11) is 4.52. The van der Waals surface area contributed by atoms with E-state index < -0.39 is 0 Å². The van der Waals surface area contributed by atoms with Crippen LogP contribution in [0.2, 0.25) is 0 Å². The van der Waals surface area contributed by atoms with Crippen molar-refractivity contribution in [3.8, 4) is 0 Å². The summed E-state index contributed by atoms with van der Waals surface area (Å²) in [6.45, 7) is 12.9. The lowest BCUT2D eigenvalue weighted by Crippen LogP contribution is -2.42. The third kappa shape index (κ3) is 1.49. The molecule has 0 aromatic heterocycles. The van der Waals surface area contributed by atoms with Crippen molar-refractivity contribution in [2.75, 3.05) is 25.5 Å². The second-order valence-corrected chi connectivity index (χ2v) is 7.49. The van der Waals surface area contributed by atoms with Crippen LogP contribution in [-0.2, 0) is 23.9 Å². The SMILES string of the molecule is CCc1cc2c(c3c1N(C)CC3)C(C)(C)N(C)C2(C)C. The van der Waals surface area contributed by atoms with E-state index in [0.717, 1.165) is 6.42 Å². The molecule has 0 spiro atoms. The summed E-state index contributed by atoms with van der Waals surface area (Å²) >= 11 is 0.